The summed E-state index contributed by atoms with van der Waals surface area (Å²) in [6.07, 6.45) is 1.50. The molecule has 0 aliphatic carbocycles. The van der Waals surface area contributed by atoms with Gasteiger partial charge in [-0.2, -0.15) is 0 Å². The largest absolute Gasteiger partial charge is 0.342 e. The van der Waals surface area contributed by atoms with Crippen LogP contribution in [0.4, 0.5) is 10.1 Å². The molecule has 0 saturated carbocycles. The number of hydrazine groups is 1. The minimum atomic E-state index is -0.438. The van der Waals surface area contributed by atoms with Crippen LogP contribution in [-0.2, 0) is 9.59 Å². The van der Waals surface area contributed by atoms with Crippen LogP contribution in [0, 0.1) is 11.7 Å². The van der Waals surface area contributed by atoms with Crippen molar-refractivity contribution in [1.29, 1.82) is 0 Å². The van der Waals surface area contributed by atoms with Crippen LogP contribution in [0.1, 0.15) is 19.8 Å². The zero-order valence-corrected chi connectivity index (χ0v) is 13.6. The average Bonchev–Trinajstić information content (AvgIpc) is 2.55. The summed E-state index contributed by atoms with van der Waals surface area (Å²) >= 11 is 5.01. The number of benzene rings is 1. The summed E-state index contributed by atoms with van der Waals surface area (Å²) < 4.78 is 13.5. The van der Waals surface area contributed by atoms with Crippen LogP contribution < -0.4 is 16.2 Å². The maximum Gasteiger partial charge on any atom is 0.243 e. The lowest BCUT2D eigenvalue weighted by molar-refractivity contribution is -0.134. The molecule has 0 aromatic heterocycles. The molecule has 0 unspecified atom stereocenters. The number of anilines is 1. The maximum absolute atomic E-state index is 13.5. The molecule has 3 N–H and O–H groups in total. The number of carbonyl (C=O) groups excluding carboxylic acids is 2. The van der Waals surface area contributed by atoms with Crippen molar-refractivity contribution in [2.45, 2.75) is 19.8 Å². The molecule has 124 valence electrons. The van der Waals surface area contributed by atoms with Gasteiger partial charge in [-0.15, -0.1) is 0 Å². The van der Waals surface area contributed by atoms with Crippen LogP contribution in [0.15, 0.2) is 24.3 Å². The van der Waals surface area contributed by atoms with Gasteiger partial charge in [0.1, 0.15) is 5.82 Å². The Hall–Kier alpha value is -2.22. The Labute approximate surface area is 139 Å². The van der Waals surface area contributed by atoms with E-state index in [1.54, 1.807) is 17.0 Å². The third kappa shape index (κ3) is 4.88. The molecule has 1 heterocycles. The molecule has 1 aromatic rings. The first-order chi connectivity index (χ1) is 11.0. The van der Waals surface area contributed by atoms with E-state index in [9.17, 15) is 14.0 Å². The van der Waals surface area contributed by atoms with E-state index in [1.165, 1.54) is 19.1 Å². The van der Waals surface area contributed by atoms with Crippen molar-refractivity contribution in [3.05, 3.63) is 30.1 Å². The predicted octanol–water partition coefficient (Wildman–Crippen LogP) is 1.40. The second-order valence-electron chi connectivity index (χ2n) is 5.35. The SMILES string of the molecule is CC(=O)N1CCC[C@@H](C(=O)NNC(=S)Nc2ccccc2F)C1. The Kier molecular flexibility index (Phi) is 5.86. The minimum Gasteiger partial charge on any atom is -0.342 e. The van der Waals surface area contributed by atoms with E-state index in [0.717, 1.165) is 6.42 Å². The fraction of sp³-hybridized carbons (Fsp3) is 0.400. The standard InChI is InChI=1S/C15H19FN4O2S/c1-10(21)20-8-4-5-11(9-20)14(22)18-19-15(23)17-13-7-3-2-6-12(13)16/h2-3,6-7,11H,4-5,8-9H2,1H3,(H,18,22)(H2,17,19,23)/t11-/m1/s1. The van der Waals surface area contributed by atoms with Crippen LogP contribution in [0.3, 0.4) is 0 Å². The van der Waals surface area contributed by atoms with Crippen molar-refractivity contribution in [3.8, 4) is 0 Å². The summed E-state index contributed by atoms with van der Waals surface area (Å²) in [6.45, 7) is 2.57. The Balaban J connectivity index is 1.81. The van der Waals surface area contributed by atoms with Gasteiger partial charge >= 0.3 is 0 Å². The lowest BCUT2D eigenvalue weighted by Gasteiger charge is -2.31. The molecule has 0 bridgehead atoms. The molecular formula is C15H19FN4O2S. The lowest BCUT2D eigenvalue weighted by atomic mass is 9.97. The van der Waals surface area contributed by atoms with Gasteiger partial charge in [0.15, 0.2) is 5.11 Å². The Morgan fingerprint density at radius 3 is 2.74 bits per heavy atom. The van der Waals surface area contributed by atoms with Gasteiger partial charge in [0.2, 0.25) is 11.8 Å². The van der Waals surface area contributed by atoms with Crippen LogP contribution >= 0.6 is 12.2 Å². The second-order valence-corrected chi connectivity index (χ2v) is 5.76. The molecule has 8 heteroatoms. The number of hydrogen-bond acceptors (Lipinski definition) is 3. The first kappa shape index (κ1) is 17.1. The van der Waals surface area contributed by atoms with Crippen molar-refractivity contribution < 1.29 is 14.0 Å². The summed E-state index contributed by atoms with van der Waals surface area (Å²) in [5, 5.41) is 2.75. The van der Waals surface area contributed by atoms with Crippen molar-refractivity contribution >= 4 is 34.8 Å². The highest BCUT2D eigenvalue weighted by atomic mass is 32.1. The van der Waals surface area contributed by atoms with Crippen molar-refractivity contribution in [2.75, 3.05) is 18.4 Å². The zero-order chi connectivity index (χ0) is 16.8. The molecule has 2 rings (SSSR count). The number of para-hydroxylation sites is 1. The van der Waals surface area contributed by atoms with Crippen LogP contribution in [0.25, 0.3) is 0 Å². The van der Waals surface area contributed by atoms with Gasteiger partial charge in [0.05, 0.1) is 11.6 Å². The minimum absolute atomic E-state index is 0.0350. The van der Waals surface area contributed by atoms with Crippen molar-refractivity contribution in [3.63, 3.8) is 0 Å². The van der Waals surface area contributed by atoms with E-state index in [4.69, 9.17) is 12.2 Å². The van der Waals surface area contributed by atoms with Gasteiger partial charge in [0, 0.05) is 20.0 Å². The van der Waals surface area contributed by atoms with Gasteiger partial charge < -0.3 is 10.2 Å². The first-order valence-electron chi connectivity index (χ1n) is 7.34. The third-order valence-corrected chi connectivity index (χ3v) is 3.86. The van der Waals surface area contributed by atoms with Gasteiger partial charge in [0.25, 0.3) is 0 Å². The zero-order valence-electron chi connectivity index (χ0n) is 12.8. The summed E-state index contributed by atoms with van der Waals surface area (Å²) in [7, 11) is 0. The van der Waals surface area contributed by atoms with Gasteiger partial charge in [-0.05, 0) is 37.2 Å². The van der Waals surface area contributed by atoms with Crippen LogP contribution in [-0.4, -0.2) is 34.9 Å². The quantitative estimate of drug-likeness (QED) is 0.562. The third-order valence-electron chi connectivity index (χ3n) is 3.66. The number of rotatable bonds is 2. The van der Waals surface area contributed by atoms with E-state index in [1.807, 2.05) is 0 Å². The second kappa shape index (κ2) is 7.87. The normalized spacial score (nSPS) is 17.3. The highest BCUT2D eigenvalue weighted by molar-refractivity contribution is 7.80. The molecule has 1 aromatic carbocycles. The van der Waals surface area contributed by atoms with E-state index in [-0.39, 0.29) is 28.5 Å². The molecule has 0 spiro atoms. The summed E-state index contributed by atoms with van der Waals surface area (Å²) in [6, 6.07) is 6.09. The van der Waals surface area contributed by atoms with Crippen molar-refractivity contribution in [1.82, 2.24) is 15.8 Å². The molecule has 1 fully saturated rings. The number of halogens is 1. The fourth-order valence-electron chi connectivity index (χ4n) is 2.41. The molecular weight excluding hydrogens is 319 g/mol. The number of likely N-dealkylation sites (tertiary alicyclic amines) is 1. The summed E-state index contributed by atoms with van der Waals surface area (Å²) in [4.78, 5) is 25.2. The molecule has 2 amide bonds. The number of carbonyl (C=O) groups is 2. The smallest absolute Gasteiger partial charge is 0.243 e. The number of thiocarbonyl (C=S) groups is 1. The van der Waals surface area contributed by atoms with Crippen LogP contribution in [0.2, 0.25) is 0 Å². The monoisotopic (exact) mass is 338 g/mol. The van der Waals surface area contributed by atoms with Crippen molar-refractivity contribution in [2.24, 2.45) is 5.92 Å². The van der Waals surface area contributed by atoms with E-state index < -0.39 is 5.82 Å². The number of nitrogens with zero attached hydrogens (tertiary/aromatic N) is 1. The number of piperidine rings is 1. The molecule has 1 aliphatic rings. The maximum atomic E-state index is 13.5. The van der Waals surface area contributed by atoms with E-state index >= 15 is 0 Å². The van der Waals surface area contributed by atoms with Gasteiger partial charge in [-0.25, -0.2) is 4.39 Å². The Morgan fingerprint density at radius 2 is 2.04 bits per heavy atom. The lowest BCUT2D eigenvalue weighted by Crippen LogP contribution is -2.50. The molecule has 23 heavy (non-hydrogen) atoms. The molecule has 1 saturated heterocycles. The Bertz CT molecular complexity index is 611. The summed E-state index contributed by atoms with van der Waals surface area (Å²) in [5.41, 5.74) is 5.27. The number of nitrogens with one attached hydrogen (secondary N) is 3. The first-order valence-corrected chi connectivity index (χ1v) is 7.75. The molecule has 1 aliphatic heterocycles. The topological polar surface area (TPSA) is 73.5 Å². The van der Waals surface area contributed by atoms with Gasteiger partial charge in [-0.1, -0.05) is 12.1 Å². The highest BCUT2D eigenvalue weighted by Crippen LogP contribution is 2.16. The Morgan fingerprint density at radius 1 is 1.30 bits per heavy atom. The fourth-order valence-corrected chi connectivity index (χ4v) is 2.57. The van der Waals surface area contributed by atoms with Gasteiger partial charge in [-0.3, -0.25) is 20.4 Å². The predicted molar refractivity (Wildman–Crippen MR) is 88.9 cm³/mol. The molecule has 1 atom stereocenters. The van der Waals surface area contributed by atoms with Crippen LogP contribution in [0.5, 0.6) is 0 Å². The van der Waals surface area contributed by atoms with E-state index in [0.29, 0.717) is 19.5 Å². The number of hydrogen-bond donors (Lipinski definition) is 3. The highest BCUT2D eigenvalue weighted by Gasteiger charge is 2.27. The molecule has 0 radical (unpaired) electrons. The molecule has 6 nitrogen and oxygen atoms in total. The van der Waals surface area contributed by atoms with E-state index in [2.05, 4.69) is 16.2 Å². The average molecular weight is 338 g/mol. The number of amides is 2. The summed E-state index contributed by atoms with van der Waals surface area (Å²) in [5.74, 6) is -0.996.